The summed E-state index contributed by atoms with van der Waals surface area (Å²) in [5.74, 6) is 1.61. The van der Waals surface area contributed by atoms with Crippen LogP contribution in [-0.4, -0.2) is 53.9 Å². The molecule has 0 spiro atoms. The van der Waals surface area contributed by atoms with Crippen molar-refractivity contribution >= 4 is 23.5 Å². The summed E-state index contributed by atoms with van der Waals surface area (Å²) < 4.78 is 1.76. The van der Waals surface area contributed by atoms with Crippen molar-refractivity contribution in [2.24, 2.45) is 0 Å². The largest absolute Gasteiger partial charge is 0.396 e. The zero-order valence-electron chi connectivity index (χ0n) is 17.3. The molecular weight excluding hydrogens is 382 g/mol. The number of nitrogens with zero attached hydrogens (tertiary/aromatic N) is 7. The van der Waals surface area contributed by atoms with Crippen molar-refractivity contribution in [3.8, 4) is 0 Å². The molecule has 10 heteroatoms. The van der Waals surface area contributed by atoms with E-state index >= 15 is 0 Å². The third kappa shape index (κ3) is 4.28. The molecule has 10 nitrogen and oxygen atoms in total. The highest BCUT2D eigenvalue weighted by molar-refractivity contribution is 5.55. The topological polar surface area (TPSA) is 130 Å². The van der Waals surface area contributed by atoms with Crippen LogP contribution in [0.15, 0.2) is 18.6 Å². The van der Waals surface area contributed by atoms with E-state index in [9.17, 15) is 5.11 Å². The number of anilines is 3. The standard InChI is InChI=1S/C20H29N9O/c1-2-15-13-25-29-17(15)26-20(28-8-4-3-6-16(28)7-5-9-30)27-19(29)24-12-14-10-22-18(21)23-11-14/h10-11,13,16,30H,2-9,12H2,1H3,(H2,21,22,23)(H,24,26,27)/t16-/m1/s1. The Morgan fingerprint density at radius 2 is 2.03 bits per heavy atom. The second-order valence-corrected chi connectivity index (χ2v) is 7.62. The number of nitrogens with two attached hydrogens (primary N) is 1. The molecule has 0 amide bonds. The number of aliphatic hydroxyl groups is 1. The molecule has 1 aliphatic rings. The Bertz CT molecular complexity index is 972. The number of hydrogen-bond acceptors (Lipinski definition) is 9. The predicted molar refractivity (Wildman–Crippen MR) is 115 cm³/mol. The lowest BCUT2D eigenvalue weighted by atomic mass is 9.98. The number of piperidine rings is 1. The number of aliphatic hydroxyl groups excluding tert-OH is 1. The number of aryl methyl sites for hydroxylation is 1. The molecule has 0 unspecified atom stereocenters. The van der Waals surface area contributed by atoms with E-state index in [1.165, 1.54) is 6.42 Å². The van der Waals surface area contributed by atoms with Crippen molar-refractivity contribution in [1.29, 1.82) is 0 Å². The van der Waals surface area contributed by atoms with Crippen LogP contribution in [0.2, 0.25) is 0 Å². The fourth-order valence-corrected chi connectivity index (χ4v) is 3.93. The minimum absolute atomic E-state index is 0.212. The van der Waals surface area contributed by atoms with E-state index in [0.29, 0.717) is 18.5 Å². The fraction of sp³-hybridized carbons (Fsp3) is 0.550. The van der Waals surface area contributed by atoms with Gasteiger partial charge in [-0.15, -0.1) is 0 Å². The van der Waals surface area contributed by atoms with E-state index < -0.39 is 0 Å². The molecule has 4 N–H and O–H groups in total. The zero-order valence-corrected chi connectivity index (χ0v) is 17.3. The first-order chi connectivity index (χ1) is 14.7. The summed E-state index contributed by atoms with van der Waals surface area (Å²) in [7, 11) is 0. The molecule has 1 saturated heterocycles. The molecule has 0 aromatic carbocycles. The van der Waals surface area contributed by atoms with Crippen LogP contribution in [0.4, 0.5) is 17.8 Å². The highest BCUT2D eigenvalue weighted by Crippen LogP contribution is 2.27. The van der Waals surface area contributed by atoms with Crippen molar-refractivity contribution in [2.45, 2.75) is 58.0 Å². The van der Waals surface area contributed by atoms with Crippen molar-refractivity contribution in [3.63, 3.8) is 0 Å². The van der Waals surface area contributed by atoms with Crippen LogP contribution < -0.4 is 16.0 Å². The quantitative estimate of drug-likeness (QED) is 0.508. The lowest BCUT2D eigenvalue weighted by Crippen LogP contribution is -2.41. The van der Waals surface area contributed by atoms with Gasteiger partial charge in [-0.25, -0.2) is 9.97 Å². The maximum atomic E-state index is 9.29. The van der Waals surface area contributed by atoms with Crippen LogP contribution in [0.1, 0.15) is 50.2 Å². The van der Waals surface area contributed by atoms with Gasteiger partial charge in [-0.05, 0) is 38.5 Å². The molecule has 3 aromatic heterocycles. The van der Waals surface area contributed by atoms with Gasteiger partial charge in [0.25, 0.3) is 0 Å². The van der Waals surface area contributed by atoms with Gasteiger partial charge in [-0.3, -0.25) is 0 Å². The van der Waals surface area contributed by atoms with Crippen molar-refractivity contribution < 1.29 is 5.11 Å². The van der Waals surface area contributed by atoms with Crippen LogP contribution in [0.3, 0.4) is 0 Å². The Morgan fingerprint density at radius 3 is 2.80 bits per heavy atom. The number of aromatic nitrogens is 6. The average molecular weight is 412 g/mol. The molecule has 4 rings (SSSR count). The van der Waals surface area contributed by atoms with E-state index in [2.05, 4.69) is 32.2 Å². The molecule has 4 heterocycles. The van der Waals surface area contributed by atoms with Crippen LogP contribution >= 0.6 is 0 Å². The lowest BCUT2D eigenvalue weighted by Gasteiger charge is -2.36. The van der Waals surface area contributed by atoms with Gasteiger partial charge in [-0.2, -0.15) is 19.6 Å². The Kier molecular flexibility index (Phi) is 6.22. The number of fused-ring (bicyclic) bond motifs is 1. The molecule has 1 fully saturated rings. The van der Waals surface area contributed by atoms with E-state index in [4.69, 9.17) is 15.7 Å². The van der Waals surface area contributed by atoms with Crippen LogP contribution in [0.5, 0.6) is 0 Å². The molecule has 0 radical (unpaired) electrons. The number of hydrogen-bond donors (Lipinski definition) is 3. The summed E-state index contributed by atoms with van der Waals surface area (Å²) in [6, 6.07) is 0.347. The third-order valence-corrected chi connectivity index (χ3v) is 5.57. The molecule has 0 aliphatic carbocycles. The van der Waals surface area contributed by atoms with Gasteiger partial charge in [0.2, 0.25) is 17.8 Å². The maximum absolute atomic E-state index is 9.29. The first kappa shape index (κ1) is 20.3. The molecule has 0 saturated carbocycles. The van der Waals surface area contributed by atoms with Crippen LogP contribution in [0, 0.1) is 0 Å². The molecule has 1 atom stereocenters. The highest BCUT2D eigenvalue weighted by atomic mass is 16.2. The Labute approximate surface area is 175 Å². The second kappa shape index (κ2) is 9.21. The van der Waals surface area contributed by atoms with Gasteiger partial charge in [0, 0.05) is 49.3 Å². The van der Waals surface area contributed by atoms with E-state index in [1.54, 1.807) is 16.9 Å². The first-order valence-corrected chi connectivity index (χ1v) is 10.6. The summed E-state index contributed by atoms with van der Waals surface area (Å²) in [6.07, 6.45) is 11.2. The Balaban J connectivity index is 1.66. The second-order valence-electron chi connectivity index (χ2n) is 7.62. The Morgan fingerprint density at radius 1 is 1.20 bits per heavy atom. The summed E-state index contributed by atoms with van der Waals surface area (Å²) in [5.41, 5.74) is 8.39. The lowest BCUT2D eigenvalue weighted by molar-refractivity contribution is 0.273. The van der Waals surface area contributed by atoms with Gasteiger partial charge < -0.3 is 21.1 Å². The minimum Gasteiger partial charge on any atom is -0.396 e. The van der Waals surface area contributed by atoms with Crippen molar-refractivity contribution in [1.82, 2.24) is 29.5 Å². The number of nitrogen functional groups attached to an aromatic ring is 1. The third-order valence-electron chi connectivity index (χ3n) is 5.57. The first-order valence-electron chi connectivity index (χ1n) is 10.6. The van der Waals surface area contributed by atoms with Crippen molar-refractivity contribution in [3.05, 3.63) is 29.7 Å². The molecule has 160 valence electrons. The SMILES string of the molecule is CCc1cnn2c(NCc3cnc(N)nc3)nc(N3CCCC[C@@H]3CCCO)nc12. The molecule has 30 heavy (non-hydrogen) atoms. The smallest absolute Gasteiger partial charge is 0.230 e. The number of nitrogens with one attached hydrogen (secondary N) is 1. The van der Waals surface area contributed by atoms with Crippen LogP contribution in [-0.2, 0) is 13.0 Å². The maximum Gasteiger partial charge on any atom is 0.230 e. The summed E-state index contributed by atoms with van der Waals surface area (Å²) in [4.78, 5) is 20.1. The normalized spacial score (nSPS) is 16.9. The summed E-state index contributed by atoms with van der Waals surface area (Å²) in [5, 5.41) is 17.1. The van der Waals surface area contributed by atoms with E-state index in [-0.39, 0.29) is 12.6 Å². The Hall–Kier alpha value is -3.01. The molecule has 3 aromatic rings. The number of rotatable bonds is 8. The average Bonchev–Trinajstić information content (AvgIpc) is 3.20. The zero-order chi connectivity index (χ0) is 20.9. The predicted octanol–water partition coefficient (Wildman–Crippen LogP) is 1.80. The van der Waals surface area contributed by atoms with Gasteiger partial charge >= 0.3 is 0 Å². The van der Waals surface area contributed by atoms with Crippen LogP contribution in [0.25, 0.3) is 5.65 Å². The molecular formula is C20H29N9O. The summed E-state index contributed by atoms with van der Waals surface area (Å²) in [6.45, 7) is 3.74. The fourth-order valence-electron chi connectivity index (χ4n) is 3.93. The van der Waals surface area contributed by atoms with Gasteiger partial charge in [0.1, 0.15) is 0 Å². The van der Waals surface area contributed by atoms with Gasteiger partial charge in [0.05, 0.1) is 6.20 Å². The van der Waals surface area contributed by atoms with E-state index in [1.807, 2.05) is 6.20 Å². The molecule has 1 aliphatic heterocycles. The van der Waals surface area contributed by atoms with Crippen molar-refractivity contribution in [2.75, 3.05) is 29.1 Å². The highest BCUT2D eigenvalue weighted by Gasteiger charge is 2.26. The van der Waals surface area contributed by atoms with Gasteiger partial charge in [-0.1, -0.05) is 6.92 Å². The minimum atomic E-state index is 0.212. The summed E-state index contributed by atoms with van der Waals surface area (Å²) >= 11 is 0. The molecule has 0 bridgehead atoms. The monoisotopic (exact) mass is 411 g/mol. The van der Waals surface area contributed by atoms with E-state index in [0.717, 1.165) is 61.4 Å². The van der Waals surface area contributed by atoms with Gasteiger partial charge in [0.15, 0.2) is 5.65 Å².